The Morgan fingerprint density at radius 2 is 1.62 bits per heavy atom. The molecule has 29 heavy (non-hydrogen) atoms. The van der Waals surface area contributed by atoms with Crippen molar-refractivity contribution in [3.05, 3.63) is 83.7 Å². The summed E-state index contributed by atoms with van der Waals surface area (Å²) in [6, 6.07) is 14.1. The number of hydrogen-bond donors (Lipinski definition) is 1. The number of para-hydroxylation sites is 1. The summed E-state index contributed by atoms with van der Waals surface area (Å²) in [6.07, 6.45) is -0.262. The minimum Gasteiger partial charge on any atom is -0.241 e. The van der Waals surface area contributed by atoms with E-state index in [2.05, 4.69) is 9.82 Å². The smallest absolute Gasteiger partial charge is 0.241 e. The molecular formula is C20H20F3N3O2S. The molecule has 0 bridgehead atoms. The van der Waals surface area contributed by atoms with E-state index in [9.17, 15) is 21.6 Å². The van der Waals surface area contributed by atoms with Crippen LogP contribution in [-0.2, 0) is 29.0 Å². The third-order valence-electron chi connectivity index (χ3n) is 4.33. The van der Waals surface area contributed by atoms with Crippen LogP contribution in [0.3, 0.4) is 0 Å². The summed E-state index contributed by atoms with van der Waals surface area (Å²) in [5, 5.41) is 4.26. The minimum atomic E-state index is -4.40. The summed E-state index contributed by atoms with van der Waals surface area (Å²) in [7, 11) is -3.53. The Morgan fingerprint density at radius 1 is 0.931 bits per heavy atom. The van der Waals surface area contributed by atoms with Gasteiger partial charge in [-0.3, -0.25) is 0 Å². The summed E-state index contributed by atoms with van der Waals surface area (Å²) in [4.78, 5) is 0. The minimum absolute atomic E-state index is 0.138. The number of nitrogens with one attached hydrogen (secondary N) is 1. The van der Waals surface area contributed by atoms with Gasteiger partial charge in [0.2, 0.25) is 10.0 Å². The average molecular weight is 423 g/mol. The van der Waals surface area contributed by atoms with Crippen LogP contribution >= 0.6 is 0 Å². The van der Waals surface area contributed by atoms with Crippen LogP contribution in [0.5, 0.6) is 0 Å². The molecule has 0 radical (unpaired) electrons. The number of benzene rings is 2. The van der Waals surface area contributed by atoms with E-state index in [0.717, 1.165) is 23.4 Å². The Hall–Kier alpha value is -2.65. The second kappa shape index (κ2) is 8.79. The fourth-order valence-corrected chi connectivity index (χ4v) is 3.81. The molecule has 1 heterocycles. The van der Waals surface area contributed by atoms with Crippen molar-refractivity contribution < 1.29 is 21.6 Å². The molecule has 0 aliphatic heterocycles. The number of nitrogens with zero attached hydrogens (tertiary/aromatic N) is 2. The molecule has 3 aromatic rings. The van der Waals surface area contributed by atoms with Gasteiger partial charge in [0.1, 0.15) is 0 Å². The first-order valence-electron chi connectivity index (χ1n) is 8.95. The van der Waals surface area contributed by atoms with Gasteiger partial charge in [-0.25, -0.2) is 17.8 Å². The van der Waals surface area contributed by atoms with Crippen LogP contribution < -0.4 is 4.72 Å². The molecule has 2 aromatic carbocycles. The van der Waals surface area contributed by atoms with E-state index in [1.807, 2.05) is 36.5 Å². The van der Waals surface area contributed by atoms with Crippen LogP contribution in [0.4, 0.5) is 13.2 Å². The van der Waals surface area contributed by atoms with Crippen LogP contribution in [0.15, 0.2) is 67.0 Å². The number of halogens is 3. The fraction of sp³-hybridized carbons (Fsp3) is 0.250. The highest BCUT2D eigenvalue weighted by molar-refractivity contribution is 7.89. The second-order valence-corrected chi connectivity index (χ2v) is 8.46. The SMILES string of the molecule is O=S(=O)(CCc1ccc(C(F)(F)F)cc1)NCCc1cnn(-c2ccccc2)c1. The molecule has 0 atom stereocenters. The van der Waals surface area contributed by atoms with E-state index >= 15 is 0 Å². The van der Waals surface area contributed by atoms with Crippen molar-refractivity contribution in [1.82, 2.24) is 14.5 Å². The number of sulfonamides is 1. The van der Waals surface area contributed by atoms with Gasteiger partial charge in [0, 0.05) is 12.7 Å². The summed E-state index contributed by atoms with van der Waals surface area (Å²) in [5.74, 6) is -0.193. The number of rotatable bonds is 8. The quantitative estimate of drug-likeness (QED) is 0.602. The molecule has 5 nitrogen and oxygen atoms in total. The molecule has 0 saturated carbocycles. The summed E-state index contributed by atoms with van der Waals surface area (Å²) >= 11 is 0. The zero-order valence-electron chi connectivity index (χ0n) is 15.4. The predicted molar refractivity (Wildman–Crippen MR) is 104 cm³/mol. The Bertz CT molecular complexity index is 1030. The normalized spacial score (nSPS) is 12.2. The van der Waals surface area contributed by atoms with Crippen LogP contribution in [0.1, 0.15) is 16.7 Å². The molecule has 1 aromatic heterocycles. The van der Waals surface area contributed by atoms with Crippen LogP contribution in [-0.4, -0.2) is 30.5 Å². The highest BCUT2D eigenvalue weighted by atomic mass is 32.2. The van der Waals surface area contributed by atoms with Crippen LogP contribution in [0.25, 0.3) is 5.69 Å². The molecule has 9 heteroatoms. The maximum absolute atomic E-state index is 12.6. The molecule has 0 saturated heterocycles. The van der Waals surface area contributed by atoms with E-state index in [0.29, 0.717) is 12.0 Å². The van der Waals surface area contributed by atoms with Crippen molar-refractivity contribution in [2.24, 2.45) is 0 Å². The number of alkyl halides is 3. The molecular weight excluding hydrogens is 403 g/mol. The van der Waals surface area contributed by atoms with E-state index in [1.165, 1.54) is 12.1 Å². The van der Waals surface area contributed by atoms with E-state index in [4.69, 9.17) is 0 Å². The van der Waals surface area contributed by atoms with Gasteiger partial charge in [0.05, 0.1) is 23.2 Å². The van der Waals surface area contributed by atoms with Crippen molar-refractivity contribution in [2.75, 3.05) is 12.3 Å². The van der Waals surface area contributed by atoms with Gasteiger partial charge in [-0.1, -0.05) is 30.3 Å². The molecule has 154 valence electrons. The maximum atomic E-state index is 12.6. The third-order valence-corrected chi connectivity index (χ3v) is 5.72. The topological polar surface area (TPSA) is 64.0 Å². The van der Waals surface area contributed by atoms with Crippen molar-refractivity contribution in [3.8, 4) is 5.69 Å². The third kappa shape index (κ3) is 6.16. The van der Waals surface area contributed by atoms with Gasteiger partial charge >= 0.3 is 6.18 Å². The lowest BCUT2D eigenvalue weighted by atomic mass is 10.1. The molecule has 0 amide bonds. The van der Waals surface area contributed by atoms with Gasteiger partial charge in [-0.2, -0.15) is 18.3 Å². The van der Waals surface area contributed by atoms with Crippen molar-refractivity contribution in [1.29, 1.82) is 0 Å². The summed E-state index contributed by atoms with van der Waals surface area (Å²) in [6.45, 7) is 0.218. The van der Waals surface area contributed by atoms with Gasteiger partial charge in [-0.05, 0) is 48.2 Å². The lowest BCUT2D eigenvalue weighted by Gasteiger charge is -2.08. The first-order chi connectivity index (χ1) is 13.7. The highest BCUT2D eigenvalue weighted by Crippen LogP contribution is 2.29. The Kier molecular flexibility index (Phi) is 6.39. The van der Waals surface area contributed by atoms with Crippen LogP contribution in [0.2, 0.25) is 0 Å². The molecule has 0 aliphatic rings. The maximum Gasteiger partial charge on any atom is 0.416 e. The zero-order valence-corrected chi connectivity index (χ0v) is 16.2. The lowest BCUT2D eigenvalue weighted by Crippen LogP contribution is -2.29. The van der Waals surface area contributed by atoms with E-state index < -0.39 is 21.8 Å². The average Bonchev–Trinajstić information content (AvgIpc) is 3.16. The van der Waals surface area contributed by atoms with E-state index in [1.54, 1.807) is 10.9 Å². The molecule has 1 N–H and O–H groups in total. The lowest BCUT2D eigenvalue weighted by molar-refractivity contribution is -0.137. The largest absolute Gasteiger partial charge is 0.416 e. The molecule has 0 fully saturated rings. The molecule has 0 unspecified atom stereocenters. The van der Waals surface area contributed by atoms with Gasteiger partial charge in [-0.15, -0.1) is 0 Å². The fourth-order valence-electron chi connectivity index (χ4n) is 2.75. The van der Waals surface area contributed by atoms with Gasteiger partial charge in [0.15, 0.2) is 0 Å². The summed E-state index contributed by atoms with van der Waals surface area (Å²) < 4.78 is 66.2. The van der Waals surface area contributed by atoms with Crippen molar-refractivity contribution in [3.63, 3.8) is 0 Å². The Morgan fingerprint density at radius 3 is 2.28 bits per heavy atom. The zero-order chi connectivity index (χ0) is 20.9. The van der Waals surface area contributed by atoms with E-state index in [-0.39, 0.29) is 18.7 Å². The van der Waals surface area contributed by atoms with Gasteiger partial charge in [0.25, 0.3) is 0 Å². The first kappa shape index (κ1) is 21.1. The standard InChI is InChI=1S/C20H20F3N3O2S/c21-20(22,23)18-8-6-16(7-9-18)11-13-29(27,28)25-12-10-17-14-24-26(15-17)19-4-2-1-3-5-19/h1-9,14-15,25H,10-13H2. The Labute approximate surface area is 167 Å². The molecule has 0 spiro atoms. The molecule has 0 aliphatic carbocycles. The number of aryl methyl sites for hydroxylation is 1. The monoisotopic (exact) mass is 423 g/mol. The summed E-state index contributed by atoms with van der Waals surface area (Å²) in [5.41, 5.74) is 1.58. The van der Waals surface area contributed by atoms with Crippen molar-refractivity contribution in [2.45, 2.75) is 19.0 Å². The van der Waals surface area contributed by atoms with Crippen LogP contribution in [0, 0.1) is 0 Å². The number of aromatic nitrogens is 2. The number of hydrogen-bond acceptors (Lipinski definition) is 3. The van der Waals surface area contributed by atoms with Crippen molar-refractivity contribution >= 4 is 10.0 Å². The Balaban J connectivity index is 1.47. The molecule has 3 rings (SSSR count). The van der Waals surface area contributed by atoms with Gasteiger partial charge < -0.3 is 0 Å². The highest BCUT2D eigenvalue weighted by Gasteiger charge is 2.29. The first-order valence-corrected chi connectivity index (χ1v) is 10.6. The second-order valence-electron chi connectivity index (χ2n) is 6.54. The predicted octanol–water partition coefficient (Wildman–Crippen LogP) is 3.60.